The fourth-order valence-corrected chi connectivity index (χ4v) is 1.86. The molecule has 1 unspecified atom stereocenters. The molecular formula is C14H19NO5. The van der Waals surface area contributed by atoms with Gasteiger partial charge in [0.1, 0.15) is 6.26 Å². The molecule has 0 aliphatic rings. The van der Waals surface area contributed by atoms with Crippen molar-refractivity contribution in [3.05, 3.63) is 34.4 Å². The minimum absolute atomic E-state index is 0.149. The van der Waals surface area contributed by atoms with Gasteiger partial charge in [-0.1, -0.05) is 13.3 Å². The molecule has 0 saturated carbocycles. The highest BCUT2D eigenvalue weighted by atomic mass is 16.4. The van der Waals surface area contributed by atoms with E-state index in [1.807, 2.05) is 6.92 Å². The molecule has 0 aromatic carbocycles. The Balaban J connectivity index is 2.35. The number of carbonyl (C=O) groups is 2. The molecule has 6 heteroatoms. The van der Waals surface area contributed by atoms with E-state index in [9.17, 15) is 14.4 Å². The summed E-state index contributed by atoms with van der Waals surface area (Å²) in [6.45, 7) is 2.47. The summed E-state index contributed by atoms with van der Waals surface area (Å²) >= 11 is 0. The highest BCUT2D eigenvalue weighted by molar-refractivity contribution is 5.93. The van der Waals surface area contributed by atoms with Crippen LogP contribution >= 0.6 is 0 Å². The first-order valence-corrected chi connectivity index (χ1v) is 6.61. The van der Waals surface area contributed by atoms with Crippen molar-refractivity contribution in [2.75, 3.05) is 6.54 Å². The summed E-state index contributed by atoms with van der Waals surface area (Å²) in [7, 11) is 0. The van der Waals surface area contributed by atoms with E-state index in [0.29, 0.717) is 18.5 Å². The third-order valence-electron chi connectivity index (χ3n) is 3.15. The molecule has 1 amide bonds. The predicted octanol–water partition coefficient (Wildman–Crippen LogP) is 1.65. The van der Waals surface area contributed by atoms with Gasteiger partial charge in [0.25, 0.3) is 5.91 Å². The molecule has 6 nitrogen and oxygen atoms in total. The molecule has 1 rings (SSSR count). The van der Waals surface area contributed by atoms with Crippen molar-refractivity contribution >= 4 is 11.9 Å². The van der Waals surface area contributed by atoms with E-state index >= 15 is 0 Å². The van der Waals surface area contributed by atoms with Gasteiger partial charge < -0.3 is 14.8 Å². The van der Waals surface area contributed by atoms with Crippen LogP contribution in [0.4, 0.5) is 0 Å². The lowest BCUT2D eigenvalue weighted by molar-refractivity contribution is -0.137. The molecule has 0 fully saturated rings. The Morgan fingerprint density at radius 3 is 2.65 bits per heavy atom. The van der Waals surface area contributed by atoms with Crippen molar-refractivity contribution in [1.29, 1.82) is 0 Å². The van der Waals surface area contributed by atoms with E-state index in [1.54, 1.807) is 0 Å². The first kappa shape index (κ1) is 15.9. The number of hydrogen-bond donors (Lipinski definition) is 2. The van der Waals surface area contributed by atoms with Crippen LogP contribution in [0.2, 0.25) is 0 Å². The number of aliphatic carboxylic acids is 1. The quantitative estimate of drug-likeness (QED) is 0.755. The molecule has 20 heavy (non-hydrogen) atoms. The van der Waals surface area contributed by atoms with Gasteiger partial charge in [-0.15, -0.1) is 0 Å². The second-order valence-corrected chi connectivity index (χ2v) is 4.59. The number of nitrogens with one attached hydrogen (secondary N) is 1. The summed E-state index contributed by atoms with van der Waals surface area (Å²) in [6, 6.07) is 2.60. The monoisotopic (exact) mass is 281 g/mol. The van der Waals surface area contributed by atoms with Gasteiger partial charge in [0, 0.05) is 19.0 Å². The zero-order valence-electron chi connectivity index (χ0n) is 11.4. The van der Waals surface area contributed by atoms with Crippen molar-refractivity contribution < 1.29 is 19.1 Å². The summed E-state index contributed by atoms with van der Waals surface area (Å²) in [4.78, 5) is 33.0. The van der Waals surface area contributed by atoms with Gasteiger partial charge in [0.2, 0.25) is 0 Å². The van der Waals surface area contributed by atoms with E-state index in [1.165, 1.54) is 12.1 Å². The number of amides is 1. The van der Waals surface area contributed by atoms with Crippen LogP contribution in [0.1, 0.15) is 43.0 Å². The minimum Gasteiger partial charge on any atom is -0.481 e. The van der Waals surface area contributed by atoms with E-state index in [2.05, 4.69) is 9.73 Å². The number of hydrogen-bond acceptors (Lipinski definition) is 4. The Morgan fingerprint density at radius 2 is 2.10 bits per heavy atom. The van der Waals surface area contributed by atoms with E-state index in [0.717, 1.165) is 19.1 Å². The Labute approximate surface area is 116 Å². The number of rotatable bonds is 8. The molecular weight excluding hydrogens is 262 g/mol. The van der Waals surface area contributed by atoms with Gasteiger partial charge in [-0.25, -0.2) is 4.79 Å². The molecule has 0 aliphatic carbocycles. The molecule has 0 spiro atoms. The van der Waals surface area contributed by atoms with Crippen LogP contribution in [-0.4, -0.2) is 23.5 Å². The summed E-state index contributed by atoms with van der Waals surface area (Å²) in [6.07, 6.45) is 3.49. The molecule has 1 atom stereocenters. The summed E-state index contributed by atoms with van der Waals surface area (Å²) < 4.78 is 4.61. The first-order valence-electron chi connectivity index (χ1n) is 6.61. The van der Waals surface area contributed by atoms with Crippen molar-refractivity contribution in [1.82, 2.24) is 5.32 Å². The van der Waals surface area contributed by atoms with Crippen LogP contribution in [0, 0.1) is 5.92 Å². The number of carbonyl (C=O) groups excluding carboxylic acids is 1. The van der Waals surface area contributed by atoms with Crippen LogP contribution < -0.4 is 10.9 Å². The van der Waals surface area contributed by atoms with Crippen molar-refractivity contribution in [2.24, 2.45) is 5.92 Å². The first-order chi connectivity index (χ1) is 9.52. The van der Waals surface area contributed by atoms with Gasteiger partial charge in [-0.2, -0.15) is 0 Å². The lowest BCUT2D eigenvalue weighted by Gasteiger charge is -2.13. The lowest BCUT2D eigenvalue weighted by atomic mass is 9.96. The van der Waals surface area contributed by atoms with Gasteiger partial charge in [-0.05, 0) is 24.8 Å². The number of carboxylic acid groups (broad SMARTS) is 1. The molecule has 2 N–H and O–H groups in total. The van der Waals surface area contributed by atoms with Crippen molar-refractivity contribution in [3.63, 3.8) is 0 Å². The zero-order valence-corrected chi connectivity index (χ0v) is 11.4. The number of carboxylic acids is 1. The SMILES string of the molecule is CCC(CCNC(=O)c1ccc(=O)oc1)CCC(=O)O. The summed E-state index contributed by atoms with van der Waals surface area (Å²) in [5, 5.41) is 11.4. The fourth-order valence-electron chi connectivity index (χ4n) is 1.86. The normalized spacial score (nSPS) is 11.8. The van der Waals surface area contributed by atoms with Gasteiger partial charge in [0.05, 0.1) is 5.56 Å². The maximum Gasteiger partial charge on any atom is 0.335 e. The van der Waals surface area contributed by atoms with E-state index in [4.69, 9.17) is 5.11 Å². The van der Waals surface area contributed by atoms with Crippen LogP contribution in [0.15, 0.2) is 27.6 Å². The molecule has 1 heterocycles. The molecule has 1 aromatic rings. The van der Waals surface area contributed by atoms with Crippen LogP contribution in [0.5, 0.6) is 0 Å². The largest absolute Gasteiger partial charge is 0.481 e. The highest BCUT2D eigenvalue weighted by Crippen LogP contribution is 2.14. The molecule has 0 saturated heterocycles. The average Bonchev–Trinajstić information content (AvgIpc) is 2.42. The van der Waals surface area contributed by atoms with Crippen LogP contribution in [-0.2, 0) is 4.79 Å². The maximum atomic E-state index is 11.7. The van der Waals surface area contributed by atoms with E-state index in [-0.39, 0.29) is 18.2 Å². The Hall–Kier alpha value is -2.11. The average molecular weight is 281 g/mol. The second-order valence-electron chi connectivity index (χ2n) is 4.59. The molecule has 0 aliphatic heterocycles. The molecule has 0 bridgehead atoms. The third kappa shape index (κ3) is 5.69. The fraction of sp³-hybridized carbons (Fsp3) is 0.500. The molecule has 0 radical (unpaired) electrons. The summed E-state index contributed by atoms with van der Waals surface area (Å²) in [5.74, 6) is -0.825. The Morgan fingerprint density at radius 1 is 1.35 bits per heavy atom. The van der Waals surface area contributed by atoms with Crippen LogP contribution in [0.25, 0.3) is 0 Å². The van der Waals surface area contributed by atoms with Crippen molar-refractivity contribution in [3.8, 4) is 0 Å². The zero-order chi connectivity index (χ0) is 15.0. The molecule has 110 valence electrons. The Bertz CT molecular complexity index is 488. The van der Waals surface area contributed by atoms with Gasteiger partial charge >= 0.3 is 11.6 Å². The highest BCUT2D eigenvalue weighted by Gasteiger charge is 2.10. The Kier molecular flexibility index (Phi) is 6.49. The minimum atomic E-state index is -0.799. The maximum absolute atomic E-state index is 11.7. The van der Waals surface area contributed by atoms with Gasteiger partial charge in [0.15, 0.2) is 0 Å². The van der Waals surface area contributed by atoms with Gasteiger partial charge in [-0.3, -0.25) is 9.59 Å². The van der Waals surface area contributed by atoms with Crippen molar-refractivity contribution in [2.45, 2.75) is 32.6 Å². The topological polar surface area (TPSA) is 96.6 Å². The smallest absolute Gasteiger partial charge is 0.335 e. The second kappa shape index (κ2) is 8.14. The summed E-state index contributed by atoms with van der Waals surface area (Å²) in [5.41, 5.74) is -0.204. The van der Waals surface area contributed by atoms with Crippen LogP contribution in [0.3, 0.4) is 0 Å². The standard InChI is InChI=1S/C14H19NO5/c1-2-10(3-5-12(16)17)7-8-15-14(19)11-4-6-13(18)20-9-11/h4,6,9-10H,2-3,5,7-8H2,1H3,(H,15,19)(H,16,17). The third-order valence-corrected chi connectivity index (χ3v) is 3.15. The molecule has 1 aromatic heterocycles. The lowest BCUT2D eigenvalue weighted by Crippen LogP contribution is -2.26. The predicted molar refractivity (Wildman–Crippen MR) is 72.6 cm³/mol. The van der Waals surface area contributed by atoms with E-state index < -0.39 is 11.6 Å².